The summed E-state index contributed by atoms with van der Waals surface area (Å²) in [5, 5.41) is 9.62. The molecule has 17 heavy (non-hydrogen) atoms. The van der Waals surface area contributed by atoms with Gasteiger partial charge in [0, 0.05) is 0 Å². The molecular weight excluding hydrogens is 218 g/mol. The van der Waals surface area contributed by atoms with Crippen LogP contribution in [0, 0.1) is 0 Å². The fourth-order valence-electron chi connectivity index (χ4n) is 1.38. The van der Waals surface area contributed by atoms with Crippen LogP contribution in [-0.2, 0) is 0 Å². The van der Waals surface area contributed by atoms with Gasteiger partial charge in [0.2, 0.25) is 0 Å². The van der Waals surface area contributed by atoms with E-state index in [0.29, 0.717) is 5.75 Å². The van der Waals surface area contributed by atoms with E-state index in [4.69, 9.17) is 10.5 Å². The number of nitrogen functional groups attached to an aromatic ring is 1. The van der Waals surface area contributed by atoms with E-state index >= 15 is 0 Å². The first-order valence-corrected chi connectivity index (χ1v) is 5.03. The third-order valence-corrected chi connectivity index (χ3v) is 2.24. The van der Waals surface area contributed by atoms with Crippen LogP contribution in [0.15, 0.2) is 48.5 Å². The largest absolute Gasteiger partial charge is 0.505 e. The summed E-state index contributed by atoms with van der Waals surface area (Å²) in [4.78, 5) is 11.7. The van der Waals surface area contributed by atoms with Crippen LogP contribution in [0.4, 0.5) is 5.69 Å². The highest BCUT2D eigenvalue weighted by molar-refractivity contribution is 5.95. The second kappa shape index (κ2) is 4.57. The number of esters is 1. The Labute approximate surface area is 98.3 Å². The van der Waals surface area contributed by atoms with Crippen molar-refractivity contribution in [1.82, 2.24) is 0 Å². The Kier molecular flexibility index (Phi) is 2.96. The van der Waals surface area contributed by atoms with Gasteiger partial charge in [0.05, 0.1) is 5.69 Å². The molecule has 2 aromatic rings. The number of phenolic OH excluding ortho intramolecular Hbond substituents is 1. The molecule has 2 aromatic carbocycles. The Balaban J connectivity index is 2.24. The monoisotopic (exact) mass is 229 g/mol. The van der Waals surface area contributed by atoms with Crippen molar-refractivity contribution in [3.05, 3.63) is 54.1 Å². The summed E-state index contributed by atoms with van der Waals surface area (Å²) in [6, 6.07) is 13.2. The maximum absolute atomic E-state index is 11.7. The Bertz CT molecular complexity index is 538. The molecule has 0 fully saturated rings. The number of carbonyl (C=O) groups is 1. The Hall–Kier alpha value is -2.49. The summed E-state index contributed by atoms with van der Waals surface area (Å²) in [5.74, 6) is -0.478. The molecule has 0 aliphatic heterocycles. The molecular formula is C13H11NO3. The van der Waals surface area contributed by atoms with Gasteiger partial charge in [-0.2, -0.15) is 0 Å². The van der Waals surface area contributed by atoms with E-state index in [1.807, 2.05) is 6.07 Å². The second-order valence-electron chi connectivity index (χ2n) is 3.45. The zero-order chi connectivity index (χ0) is 12.3. The predicted molar refractivity (Wildman–Crippen MR) is 63.9 cm³/mol. The molecule has 4 heteroatoms. The number of hydrogen-bond acceptors (Lipinski definition) is 4. The number of aromatic hydroxyl groups is 1. The highest BCUT2D eigenvalue weighted by Gasteiger charge is 2.14. The molecule has 86 valence electrons. The summed E-state index contributed by atoms with van der Waals surface area (Å²) >= 11 is 0. The van der Waals surface area contributed by atoms with Gasteiger partial charge in [-0.05, 0) is 24.3 Å². The number of ether oxygens (including phenoxy) is 1. The molecule has 3 N–H and O–H groups in total. The lowest BCUT2D eigenvalue weighted by Gasteiger charge is -2.06. The highest BCUT2D eigenvalue weighted by atomic mass is 16.5. The average Bonchev–Trinajstić information content (AvgIpc) is 2.34. The first-order valence-electron chi connectivity index (χ1n) is 5.03. The zero-order valence-electron chi connectivity index (χ0n) is 8.96. The van der Waals surface area contributed by atoms with Crippen molar-refractivity contribution in [3.8, 4) is 11.5 Å². The molecule has 0 unspecified atom stereocenters. The standard InChI is InChI=1S/C13H11NO3/c14-11-8-4-7-10(12(11)15)13(16)17-9-5-2-1-3-6-9/h1-8,15H,14H2. The summed E-state index contributed by atoms with van der Waals surface area (Å²) in [6.07, 6.45) is 0. The lowest BCUT2D eigenvalue weighted by atomic mass is 10.2. The van der Waals surface area contributed by atoms with Gasteiger partial charge in [0.1, 0.15) is 11.3 Å². The minimum atomic E-state index is -0.638. The smallest absolute Gasteiger partial charge is 0.347 e. The predicted octanol–water partition coefficient (Wildman–Crippen LogP) is 2.19. The van der Waals surface area contributed by atoms with Crippen molar-refractivity contribution in [2.75, 3.05) is 5.73 Å². The SMILES string of the molecule is Nc1cccc(C(=O)Oc2ccccc2)c1O. The van der Waals surface area contributed by atoms with Crippen molar-refractivity contribution in [1.29, 1.82) is 0 Å². The van der Waals surface area contributed by atoms with Gasteiger partial charge in [0.25, 0.3) is 0 Å². The molecule has 2 rings (SSSR count). The molecule has 0 heterocycles. The number of rotatable bonds is 2. The van der Waals surface area contributed by atoms with Gasteiger partial charge in [-0.3, -0.25) is 0 Å². The summed E-state index contributed by atoms with van der Waals surface area (Å²) in [7, 11) is 0. The fraction of sp³-hybridized carbons (Fsp3) is 0. The van der Waals surface area contributed by atoms with Crippen molar-refractivity contribution in [2.24, 2.45) is 0 Å². The van der Waals surface area contributed by atoms with Gasteiger partial charge < -0.3 is 15.6 Å². The lowest BCUT2D eigenvalue weighted by molar-refractivity contribution is 0.0732. The fourth-order valence-corrected chi connectivity index (χ4v) is 1.38. The number of anilines is 1. The molecule has 0 bridgehead atoms. The highest BCUT2D eigenvalue weighted by Crippen LogP contribution is 2.25. The zero-order valence-corrected chi connectivity index (χ0v) is 8.96. The van der Waals surface area contributed by atoms with Crippen LogP contribution in [0.2, 0.25) is 0 Å². The van der Waals surface area contributed by atoms with Crippen LogP contribution in [0.3, 0.4) is 0 Å². The van der Waals surface area contributed by atoms with Crippen LogP contribution in [0.1, 0.15) is 10.4 Å². The molecule has 0 radical (unpaired) electrons. The van der Waals surface area contributed by atoms with E-state index in [1.165, 1.54) is 12.1 Å². The van der Waals surface area contributed by atoms with Gasteiger partial charge in [-0.1, -0.05) is 24.3 Å². The molecule has 0 spiro atoms. The third kappa shape index (κ3) is 2.36. The topological polar surface area (TPSA) is 72.6 Å². The maximum Gasteiger partial charge on any atom is 0.347 e. The molecule has 0 saturated carbocycles. The summed E-state index contributed by atoms with van der Waals surface area (Å²) in [6.45, 7) is 0. The summed E-state index contributed by atoms with van der Waals surface area (Å²) in [5.41, 5.74) is 5.69. The molecule has 0 aliphatic rings. The minimum absolute atomic E-state index is 0.0499. The Morgan fingerprint density at radius 1 is 1.06 bits per heavy atom. The van der Waals surface area contributed by atoms with E-state index in [9.17, 15) is 9.90 Å². The first kappa shape index (κ1) is 11.0. The normalized spacial score (nSPS) is 9.88. The molecule has 0 aromatic heterocycles. The van der Waals surface area contributed by atoms with Gasteiger partial charge in [-0.15, -0.1) is 0 Å². The molecule has 4 nitrogen and oxygen atoms in total. The molecule has 0 saturated heterocycles. The van der Waals surface area contributed by atoms with Crippen LogP contribution < -0.4 is 10.5 Å². The molecule has 0 amide bonds. The summed E-state index contributed by atoms with van der Waals surface area (Å²) < 4.78 is 5.08. The minimum Gasteiger partial charge on any atom is -0.505 e. The van der Waals surface area contributed by atoms with E-state index < -0.39 is 5.97 Å². The van der Waals surface area contributed by atoms with Gasteiger partial charge >= 0.3 is 5.97 Å². The number of nitrogens with two attached hydrogens (primary N) is 1. The van der Waals surface area contributed by atoms with Crippen LogP contribution in [-0.4, -0.2) is 11.1 Å². The number of hydrogen-bond donors (Lipinski definition) is 2. The number of carbonyl (C=O) groups excluding carboxylic acids is 1. The second-order valence-corrected chi connectivity index (χ2v) is 3.45. The van der Waals surface area contributed by atoms with E-state index in [2.05, 4.69) is 0 Å². The number of phenols is 1. The van der Waals surface area contributed by atoms with Crippen molar-refractivity contribution < 1.29 is 14.6 Å². The Morgan fingerprint density at radius 2 is 1.76 bits per heavy atom. The van der Waals surface area contributed by atoms with E-state index in [1.54, 1.807) is 30.3 Å². The van der Waals surface area contributed by atoms with Crippen LogP contribution in [0.5, 0.6) is 11.5 Å². The van der Waals surface area contributed by atoms with E-state index in [-0.39, 0.29) is 17.0 Å². The van der Waals surface area contributed by atoms with Crippen molar-refractivity contribution in [2.45, 2.75) is 0 Å². The number of benzene rings is 2. The third-order valence-electron chi connectivity index (χ3n) is 2.24. The van der Waals surface area contributed by atoms with E-state index in [0.717, 1.165) is 0 Å². The quantitative estimate of drug-likeness (QED) is 0.358. The number of para-hydroxylation sites is 2. The van der Waals surface area contributed by atoms with Gasteiger partial charge in [-0.25, -0.2) is 4.79 Å². The lowest BCUT2D eigenvalue weighted by Crippen LogP contribution is -2.09. The van der Waals surface area contributed by atoms with Crippen LogP contribution >= 0.6 is 0 Å². The first-order chi connectivity index (χ1) is 8.18. The molecule has 0 atom stereocenters. The van der Waals surface area contributed by atoms with Crippen molar-refractivity contribution >= 4 is 11.7 Å². The van der Waals surface area contributed by atoms with Crippen LogP contribution in [0.25, 0.3) is 0 Å². The van der Waals surface area contributed by atoms with Crippen molar-refractivity contribution in [3.63, 3.8) is 0 Å². The Morgan fingerprint density at radius 3 is 2.47 bits per heavy atom. The maximum atomic E-state index is 11.7. The average molecular weight is 229 g/mol. The van der Waals surface area contributed by atoms with Gasteiger partial charge in [0.15, 0.2) is 5.75 Å². The molecule has 0 aliphatic carbocycles.